The molecule has 3 rings (SSSR count). The van der Waals surface area contributed by atoms with Gasteiger partial charge in [0.25, 0.3) is 0 Å². The van der Waals surface area contributed by atoms with Crippen LogP contribution in [0, 0.1) is 6.92 Å². The fraction of sp³-hybridized carbons (Fsp3) is 0.143. The van der Waals surface area contributed by atoms with E-state index in [0.717, 1.165) is 17.0 Å². The van der Waals surface area contributed by atoms with E-state index in [1.165, 1.54) is 0 Å². The Morgan fingerprint density at radius 1 is 1.14 bits per heavy atom. The number of benzene rings is 2. The van der Waals surface area contributed by atoms with Crippen molar-refractivity contribution < 1.29 is 14.7 Å². The van der Waals surface area contributed by atoms with Crippen LogP contribution in [0.3, 0.4) is 0 Å². The van der Waals surface area contributed by atoms with Gasteiger partial charge in [0.2, 0.25) is 5.88 Å². The number of methoxy groups -OCH3 is 1. The van der Waals surface area contributed by atoms with E-state index < -0.39 is 0 Å². The number of hydrogen-bond donors (Lipinski definition) is 2. The van der Waals surface area contributed by atoms with Crippen LogP contribution in [-0.2, 0) is 6.54 Å². The molecule has 0 saturated heterocycles. The van der Waals surface area contributed by atoms with E-state index in [0.29, 0.717) is 27.9 Å². The van der Waals surface area contributed by atoms with Gasteiger partial charge in [-0.1, -0.05) is 35.3 Å². The summed E-state index contributed by atoms with van der Waals surface area (Å²) in [5.74, 6) is 1.52. The molecule has 0 unspecified atom stereocenters. The van der Waals surface area contributed by atoms with Crippen molar-refractivity contribution in [3.05, 3.63) is 81.5 Å². The van der Waals surface area contributed by atoms with Gasteiger partial charge in [-0.3, -0.25) is 15.7 Å². The summed E-state index contributed by atoms with van der Waals surface area (Å²) in [7, 11) is 1.60. The van der Waals surface area contributed by atoms with E-state index >= 15 is 0 Å². The summed E-state index contributed by atoms with van der Waals surface area (Å²) in [5.41, 5.74) is 4.24. The number of rotatable bonds is 6. The van der Waals surface area contributed by atoms with E-state index in [1.807, 2.05) is 31.2 Å². The Bertz CT molecular complexity index is 1040. The molecule has 0 fully saturated rings. The Kier molecular flexibility index (Phi) is 6.93. The fourth-order valence-electron chi connectivity index (χ4n) is 2.57. The van der Waals surface area contributed by atoms with Crippen LogP contribution in [-0.4, -0.2) is 23.1 Å². The van der Waals surface area contributed by atoms with Gasteiger partial charge < -0.3 is 9.47 Å². The highest BCUT2D eigenvalue weighted by molar-refractivity contribution is 6.34. The first kappa shape index (κ1) is 20.9. The Balaban J connectivity index is 1.94. The maximum atomic E-state index is 9.68. The lowest BCUT2D eigenvalue weighted by atomic mass is 10.2. The Hall–Kier alpha value is -2.80. The number of aliphatic imine (C=N–C) groups is 1. The molecule has 0 amide bonds. The van der Waals surface area contributed by atoms with Crippen LogP contribution >= 0.6 is 23.2 Å². The van der Waals surface area contributed by atoms with Gasteiger partial charge in [-0.15, -0.1) is 0 Å². The molecule has 0 bridgehead atoms. The van der Waals surface area contributed by atoms with Crippen molar-refractivity contribution in [2.24, 2.45) is 4.99 Å². The zero-order valence-corrected chi connectivity index (χ0v) is 17.3. The molecule has 0 radical (unpaired) electrons. The van der Waals surface area contributed by atoms with Gasteiger partial charge >= 0.3 is 0 Å². The van der Waals surface area contributed by atoms with E-state index in [9.17, 15) is 5.21 Å². The number of amidine groups is 1. The average molecular weight is 432 g/mol. The molecule has 6 nitrogen and oxygen atoms in total. The predicted octanol–water partition coefficient (Wildman–Crippen LogP) is 5.42. The van der Waals surface area contributed by atoms with Crippen LogP contribution in [0.1, 0.15) is 16.8 Å². The van der Waals surface area contributed by atoms with Crippen LogP contribution < -0.4 is 15.0 Å². The minimum absolute atomic E-state index is 0.202. The molecule has 2 aromatic carbocycles. The Morgan fingerprint density at radius 2 is 1.97 bits per heavy atom. The molecule has 29 heavy (non-hydrogen) atoms. The highest BCUT2D eigenvalue weighted by Gasteiger charge is 2.15. The molecule has 8 heteroatoms. The lowest BCUT2D eigenvalue weighted by molar-refractivity contribution is 0.234. The largest absolute Gasteiger partial charge is 0.497 e. The van der Waals surface area contributed by atoms with E-state index in [4.69, 9.17) is 32.7 Å². The minimum Gasteiger partial charge on any atom is -0.497 e. The summed E-state index contributed by atoms with van der Waals surface area (Å²) < 4.78 is 11.1. The number of nitrogens with zero attached hydrogens (tertiary/aromatic N) is 2. The molecule has 3 aromatic rings. The van der Waals surface area contributed by atoms with Gasteiger partial charge in [0.05, 0.1) is 24.2 Å². The third kappa shape index (κ3) is 5.38. The third-order valence-electron chi connectivity index (χ3n) is 4.01. The summed E-state index contributed by atoms with van der Waals surface area (Å²) in [5, 5.41) is 10.5. The summed E-state index contributed by atoms with van der Waals surface area (Å²) in [4.78, 5) is 8.87. The molecular formula is C21H19Cl2N3O3. The summed E-state index contributed by atoms with van der Waals surface area (Å²) in [6, 6.07) is 15.9. The fourth-order valence-corrected chi connectivity index (χ4v) is 2.89. The zero-order valence-electron chi connectivity index (χ0n) is 15.8. The van der Waals surface area contributed by atoms with Crippen LogP contribution in [0.2, 0.25) is 10.0 Å². The number of aryl methyl sites for hydroxylation is 1. The number of pyridine rings is 1. The van der Waals surface area contributed by atoms with Crippen LogP contribution in [0.25, 0.3) is 0 Å². The normalized spacial score (nSPS) is 11.3. The predicted molar refractivity (Wildman–Crippen MR) is 114 cm³/mol. The highest BCUT2D eigenvalue weighted by atomic mass is 35.5. The standard InChI is InChI=1S/C21H19Cl2N3O3/c1-13-6-8-17(21(25-13)29-19-11-15(22)7-9-18(19)23)20(26-27)24-12-14-4-3-5-16(10-14)28-2/h3-11,27H,12H2,1-2H3,(H,24,26). The lowest BCUT2D eigenvalue weighted by Crippen LogP contribution is -2.22. The molecule has 0 atom stereocenters. The van der Waals surface area contributed by atoms with Crippen molar-refractivity contribution in [3.63, 3.8) is 0 Å². The van der Waals surface area contributed by atoms with E-state index in [2.05, 4.69) is 15.5 Å². The zero-order chi connectivity index (χ0) is 20.8. The van der Waals surface area contributed by atoms with Gasteiger partial charge in [0, 0.05) is 16.8 Å². The number of nitrogens with one attached hydrogen (secondary N) is 1. The van der Waals surface area contributed by atoms with Gasteiger partial charge in [0.1, 0.15) is 11.5 Å². The Labute approximate surface area is 178 Å². The van der Waals surface area contributed by atoms with Crippen LogP contribution in [0.5, 0.6) is 17.4 Å². The number of halogens is 2. The molecule has 0 aliphatic heterocycles. The summed E-state index contributed by atoms with van der Waals surface area (Å²) >= 11 is 12.2. The summed E-state index contributed by atoms with van der Waals surface area (Å²) in [6.45, 7) is 2.14. The molecule has 0 aliphatic rings. The van der Waals surface area contributed by atoms with Crippen molar-refractivity contribution in [1.29, 1.82) is 0 Å². The van der Waals surface area contributed by atoms with E-state index in [-0.39, 0.29) is 11.7 Å². The highest BCUT2D eigenvalue weighted by Crippen LogP contribution is 2.32. The third-order valence-corrected chi connectivity index (χ3v) is 4.56. The van der Waals surface area contributed by atoms with Gasteiger partial charge in [-0.2, -0.15) is 0 Å². The molecule has 1 aromatic heterocycles. The minimum atomic E-state index is 0.202. The first-order valence-electron chi connectivity index (χ1n) is 8.68. The Morgan fingerprint density at radius 3 is 2.72 bits per heavy atom. The second-order valence-electron chi connectivity index (χ2n) is 6.11. The van der Waals surface area contributed by atoms with Gasteiger partial charge in [-0.05, 0) is 48.9 Å². The number of ether oxygens (including phenoxy) is 2. The second-order valence-corrected chi connectivity index (χ2v) is 6.95. The van der Waals surface area contributed by atoms with Crippen molar-refractivity contribution in [3.8, 4) is 17.4 Å². The SMILES string of the molecule is COc1cccc(CN=C(NO)c2ccc(C)nc2Oc2cc(Cl)ccc2Cl)c1. The number of hydroxylamine groups is 1. The molecule has 150 valence electrons. The van der Waals surface area contributed by atoms with Crippen LogP contribution in [0.4, 0.5) is 0 Å². The molecule has 0 spiro atoms. The maximum Gasteiger partial charge on any atom is 0.230 e. The van der Waals surface area contributed by atoms with E-state index in [1.54, 1.807) is 37.4 Å². The molecule has 0 saturated carbocycles. The topological polar surface area (TPSA) is 76.0 Å². The van der Waals surface area contributed by atoms with Gasteiger partial charge in [0.15, 0.2) is 5.84 Å². The molecule has 0 aliphatic carbocycles. The van der Waals surface area contributed by atoms with Crippen molar-refractivity contribution in [1.82, 2.24) is 10.5 Å². The maximum absolute atomic E-state index is 9.68. The van der Waals surface area contributed by atoms with Crippen molar-refractivity contribution in [2.75, 3.05) is 7.11 Å². The summed E-state index contributed by atoms with van der Waals surface area (Å²) in [6.07, 6.45) is 0. The molecular weight excluding hydrogens is 413 g/mol. The first-order chi connectivity index (χ1) is 14.0. The second kappa shape index (κ2) is 9.60. The van der Waals surface area contributed by atoms with Gasteiger partial charge in [-0.25, -0.2) is 4.98 Å². The molecule has 1 heterocycles. The lowest BCUT2D eigenvalue weighted by Gasteiger charge is -2.13. The smallest absolute Gasteiger partial charge is 0.230 e. The first-order valence-corrected chi connectivity index (χ1v) is 9.44. The number of aromatic nitrogens is 1. The number of hydrogen-bond acceptors (Lipinski definition) is 5. The van der Waals surface area contributed by atoms with Crippen molar-refractivity contribution in [2.45, 2.75) is 13.5 Å². The monoisotopic (exact) mass is 431 g/mol. The molecule has 2 N–H and O–H groups in total. The quantitative estimate of drug-likeness (QED) is 0.309. The van der Waals surface area contributed by atoms with Crippen molar-refractivity contribution >= 4 is 29.0 Å². The van der Waals surface area contributed by atoms with Crippen LogP contribution in [0.15, 0.2) is 59.6 Å². The average Bonchev–Trinajstić information content (AvgIpc) is 2.72.